The van der Waals surface area contributed by atoms with E-state index < -0.39 is 11.6 Å². The van der Waals surface area contributed by atoms with Gasteiger partial charge in [0.1, 0.15) is 5.75 Å². The molecule has 0 aliphatic carbocycles. The second-order valence-corrected chi connectivity index (χ2v) is 7.33. The van der Waals surface area contributed by atoms with E-state index >= 15 is 0 Å². The molecular formula is C20H23ClF2N2O2. The fourth-order valence-electron chi connectivity index (χ4n) is 3.53. The molecule has 0 amide bonds. The van der Waals surface area contributed by atoms with Crippen molar-refractivity contribution in [3.8, 4) is 5.75 Å². The normalized spacial score (nSPS) is 18.7. The van der Waals surface area contributed by atoms with Crippen LogP contribution in [-0.2, 0) is 13.1 Å². The van der Waals surface area contributed by atoms with Crippen molar-refractivity contribution >= 4 is 11.6 Å². The third-order valence-electron chi connectivity index (χ3n) is 4.96. The van der Waals surface area contributed by atoms with Gasteiger partial charge in [-0.2, -0.15) is 0 Å². The highest BCUT2D eigenvalue weighted by atomic mass is 35.5. The summed E-state index contributed by atoms with van der Waals surface area (Å²) >= 11 is 6.02. The van der Waals surface area contributed by atoms with E-state index in [2.05, 4.69) is 9.80 Å². The molecule has 1 fully saturated rings. The van der Waals surface area contributed by atoms with Gasteiger partial charge in [0.2, 0.25) is 0 Å². The minimum Gasteiger partial charge on any atom is -0.508 e. The number of benzene rings is 2. The molecule has 27 heavy (non-hydrogen) atoms. The maximum Gasteiger partial charge on any atom is 0.159 e. The molecule has 146 valence electrons. The summed E-state index contributed by atoms with van der Waals surface area (Å²) in [5, 5.41) is 20.0. The zero-order chi connectivity index (χ0) is 19.4. The van der Waals surface area contributed by atoms with Crippen molar-refractivity contribution in [1.82, 2.24) is 9.80 Å². The summed E-state index contributed by atoms with van der Waals surface area (Å²) in [7, 11) is 0. The highest BCUT2D eigenvalue weighted by Crippen LogP contribution is 2.25. The van der Waals surface area contributed by atoms with Gasteiger partial charge < -0.3 is 10.2 Å². The number of aliphatic hydroxyl groups is 1. The molecule has 1 atom stereocenters. The van der Waals surface area contributed by atoms with Gasteiger partial charge in [0.25, 0.3) is 0 Å². The molecule has 3 rings (SSSR count). The summed E-state index contributed by atoms with van der Waals surface area (Å²) in [4.78, 5) is 4.38. The van der Waals surface area contributed by atoms with E-state index in [0.29, 0.717) is 36.6 Å². The Balaban J connectivity index is 1.67. The lowest BCUT2D eigenvalue weighted by atomic mass is 10.1. The molecule has 7 heteroatoms. The van der Waals surface area contributed by atoms with Crippen LogP contribution in [0.5, 0.6) is 5.75 Å². The SMILES string of the molecule is OCC[C@H]1CN(Cc2cc(Cl)ccc2O)CCN1Cc1ccc(F)c(F)c1. The third-order valence-corrected chi connectivity index (χ3v) is 5.19. The van der Waals surface area contributed by atoms with Crippen LogP contribution in [0.25, 0.3) is 0 Å². The van der Waals surface area contributed by atoms with Gasteiger partial charge in [0.15, 0.2) is 11.6 Å². The van der Waals surface area contributed by atoms with Gasteiger partial charge in [0, 0.05) is 56.0 Å². The van der Waals surface area contributed by atoms with E-state index in [0.717, 1.165) is 24.7 Å². The van der Waals surface area contributed by atoms with Crippen LogP contribution in [0.2, 0.25) is 5.02 Å². The summed E-state index contributed by atoms with van der Waals surface area (Å²) in [6.07, 6.45) is 0.585. The summed E-state index contributed by atoms with van der Waals surface area (Å²) in [6.45, 7) is 3.30. The maximum absolute atomic E-state index is 13.5. The first-order valence-electron chi connectivity index (χ1n) is 8.95. The fourth-order valence-corrected chi connectivity index (χ4v) is 3.72. The lowest BCUT2D eigenvalue weighted by molar-refractivity contribution is 0.0495. The Morgan fingerprint density at radius 3 is 2.59 bits per heavy atom. The van der Waals surface area contributed by atoms with Gasteiger partial charge in [-0.15, -0.1) is 0 Å². The molecule has 0 radical (unpaired) electrons. The number of hydrogen-bond donors (Lipinski definition) is 2. The lowest BCUT2D eigenvalue weighted by Gasteiger charge is -2.41. The molecule has 0 aromatic heterocycles. The van der Waals surface area contributed by atoms with Crippen molar-refractivity contribution in [3.05, 3.63) is 64.2 Å². The van der Waals surface area contributed by atoms with Gasteiger partial charge in [-0.25, -0.2) is 8.78 Å². The molecule has 1 aliphatic heterocycles. The number of phenolic OH excluding ortho intramolecular Hbond substituents is 1. The zero-order valence-electron chi connectivity index (χ0n) is 14.9. The second-order valence-electron chi connectivity index (χ2n) is 6.89. The number of nitrogens with zero attached hydrogens (tertiary/aromatic N) is 2. The number of rotatable bonds is 6. The number of phenols is 1. The fraction of sp³-hybridized carbons (Fsp3) is 0.400. The molecule has 2 aromatic carbocycles. The molecule has 0 unspecified atom stereocenters. The number of piperazine rings is 1. The average molecular weight is 397 g/mol. The number of halogens is 3. The van der Waals surface area contributed by atoms with Crippen LogP contribution in [0.3, 0.4) is 0 Å². The van der Waals surface area contributed by atoms with E-state index in [1.165, 1.54) is 6.07 Å². The third kappa shape index (κ3) is 5.17. The van der Waals surface area contributed by atoms with Crippen LogP contribution in [-0.4, -0.2) is 52.3 Å². The average Bonchev–Trinajstić information content (AvgIpc) is 2.64. The summed E-state index contributed by atoms with van der Waals surface area (Å²) in [6, 6.07) is 9.03. The van der Waals surface area contributed by atoms with Crippen LogP contribution in [0, 0.1) is 11.6 Å². The first kappa shape index (κ1) is 20.0. The molecule has 2 N–H and O–H groups in total. The van der Waals surface area contributed by atoms with Crippen molar-refractivity contribution < 1.29 is 19.0 Å². The van der Waals surface area contributed by atoms with Gasteiger partial charge in [-0.1, -0.05) is 17.7 Å². The van der Waals surface area contributed by atoms with Crippen LogP contribution >= 0.6 is 11.6 Å². The predicted molar refractivity (Wildman–Crippen MR) is 101 cm³/mol. The second kappa shape index (κ2) is 8.97. The largest absolute Gasteiger partial charge is 0.508 e. The van der Waals surface area contributed by atoms with Gasteiger partial charge in [-0.3, -0.25) is 9.80 Å². The van der Waals surface area contributed by atoms with Crippen molar-refractivity contribution in [2.24, 2.45) is 0 Å². The highest BCUT2D eigenvalue weighted by molar-refractivity contribution is 6.30. The molecule has 2 aromatic rings. The van der Waals surface area contributed by atoms with Gasteiger partial charge in [0.05, 0.1) is 0 Å². The van der Waals surface area contributed by atoms with Crippen molar-refractivity contribution in [2.45, 2.75) is 25.6 Å². The molecule has 0 spiro atoms. The van der Waals surface area contributed by atoms with E-state index in [-0.39, 0.29) is 18.4 Å². The Bertz CT molecular complexity index is 791. The zero-order valence-corrected chi connectivity index (χ0v) is 15.7. The maximum atomic E-state index is 13.5. The Kier molecular flexibility index (Phi) is 6.65. The molecule has 1 saturated heterocycles. The minimum atomic E-state index is -0.850. The van der Waals surface area contributed by atoms with Crippen molar-refractivity contribution in [1.29, 1.82) is 0 Å². The highest BCUT2D eigenvalue weighted by Gasteiger charge is 2.27. The Labute approximate surface area is 162 Å². The minimum absolute atomic E-state index is 0.0508. The van der Waals surface area contributed by atoms with E-state index in [9.17, 15) is 19.0 Å². The van der Waals surface area contributed by atoms with Crippen LogP contribution in [0.4, 0.5) is 8.78 Å². The Morgan fingerprint density at radius 1 is 1.04 bits per heavy atom. The predicted octanol–water partition coefficient (Wildman–Crippen LogP) is 3.39. The first-order valence-corrected chi connectivity index (χ1v) is 9.32. The van der Waals surface area contributed by atoms with Crippen molar-refractivity contribution in [3.63, 3.8) is 0 Å². The quantitative estimate of drug-likeness (QED) is 0.785. The number of hydrogen-bond acceptors (Lipinski definition) is 4. The smallest absolute Gasteiger partial charge is 0.159 e. The lowest BCUT2D eigenvalue weighted by Crippen LogP contribution is -2.52. The Hall–Kier alpha value is -1.73. The van der Waals surface area contributed by atoms with Crippen LogP contribution < -0.4 is 0 Å². The van der Waals surface area contributed by atoms with Crippen LogP contribution in [0.1, 0.15) is 17.5 Å². The number of aromatic hydroxyl groups is 1. The number of aliphatic hydroxyl groups excluding tert-OH is 1. The van der Waals surface area contributed by atoms with Crippen molar-refractivity contribution in [2.75, 3.05) is 26.2 Å². The van der Waals surface area contributed by atoms with Crippen LogP contribution in [0.15, 0.2) is 36.4 Å². The van der Waals surface area contributed by atoms with E-state index in [4.69, 9.17) is 11.6 Å². The molecule has 1 aliphatic rings. The first-order chi connectivity index (χ1) is 13.0. The molecular weight excluding hydrogens is 374 g/mol. The topological polar surface area (TPSA) is 46.9 Å². The van der Waals surface area contributed by atoms with E-state index in [1.54, 1.807) is 24.3 Å². The van der Waals surface area contributed by atoms with E-state index in [1.807, 2.05) is 0 Å². The molecule has 4 nitrogen and oxygen atoms in total. The standard InChI is InChI=1S/C20H23ClF2N2O2/c21-16-2-4-20(27)15(10-16)12-24-6-7-25(17(13-24)5-8-26)11-14-1-3-18(22)19(23)9-14/h1-4,9-10,17,26-27H,5-8,11-13H2/t17-/m0/s1. The van der Waals surface area contributed by atoms with Gasteiger partial charge in [-0.05, 0) is 42.3 Å². The molecule has 0 bridgehead atoms. The molecule has 1 heterocycles. The summed E-state index contributed by atoms with van der Waals surface area (Å²) in [5.74, 6) is -1.49. The Morgan fingerprint density at radius 2 is 1.85 bits per heavy atom. The van der Waals surface area contributed by atoms with Gasteiger partial charge >= 0.3 is 0 Å². The monoisotopic (exact) mass is 396 g/mol. The molecule has 0 saturated carbocycles. The summed E-state index contributed by atoms with van der Waals surface area (Å²) in [5.41, 5.74) is 1.47. The summed E-state index contributed by atoms with van der Waals surface area (Å²) < 4.78 is 26.6.